The normalized spacial score (nSPS) is 12.1. The van der Waals surface area contributed by atoms with Crippen LogP contribution < -0.4 is 4.74 Å². The van der Waals surface area contributed by atoms with Gasteiger partial charge in [-0.3, -0.25) is 0 Å². The predicted molar refractivity (Wildman–Crippen MR) is 84.3 cm³/mol. The highest BCUT2D eigenvalue weighted by Gasteiger charge is 2.10. The van der Waals surface area contributed by atoms with Crippen LogP contribution in [0.15, 0.2) is 53.4 Å². The summed E-state index contributed by atoms with van der Waals surface area (Å²) in [6.07, 6.45) is 0.332. The van der Waals surface area contributed by atoms with E-state index in [0.29, 0.717) is 17.3 Å². The fourth-order valence-electron chi connectivity index (χ4n) is 1.83. The van der Waals surface area contributed by atoms with Gasteiger partial charge in [-0.2, -0.15) is 0 Å². The molecule has 4 heteroatoms. The molecule has 0 fully saturated rings. The predicted octanol–water partition coefficient (Wildman–Crippen LogP) is 4.44. The summed E-state index contributed by atoms with van der Waals surface area (Å²) >= 11 is 1.31. The van der Waals surface area contributed by atoms with Crippen molar-refractivity contribution in [1.82, 2.24) is 0 Å². The monoisotopic (exact) mass is 306 g/mol. The lowest BCUT2D eigenvalue weighted by Gasteiger charge is -2.12. The van der Waals surface area contributed by atoms with Crippen molar-refractivity contribution in [3.05, 3.63) is 59.9 Å². The van der Waals surface area contributed by atoms with Gasteiger partial charge in [0.25, 0.3) is 0 Å². The van der Waals surface area contributed by atoms with Gasteiger partial charge in [-0.1, -0.05) is 31.2 Å². The van der Waals surface area contributed by atoms with E-state index in [1.54, 1.807) is 18.2 Å². The van der Waals surface area contributed by atoms with E-state index in [4.69, 9.17) is 4.74 Å². The summed E-state index contributed by atoms with van der Waals surface area (Å²) in [5.74, 6) is 0.961. The van der Waals surface area contributed by atoms with E-state index in [0.717, 1.165) is 17.7 Å². The first-order valence-corrected chi connectivity index (χ1v) is 7.97. The van der Waals surface area contributed by atoms with Crippen LogP contribution in [0.3, 0.4) is 0 Å². The molecule has 0 bridgehead atoms. The highest BCUT2D eigenvalue weighted by Crippen LogP contribution is 2.27. The molecule has 0 aliphatic rings. The first-order chi connectivity index (χ1) is 10.2. The van der Waals surface area contributed by atoms with E-state index >= 15 is 0 Å². The van der Waals surface area contributed by atoms with Crippen molar-refractivity contribution in [3.8, 4) is 5.75 Å². The van der Waals surface area contributed by atoms with Gasteiger partial charge in [0.05, 0.1) is 12.7 Å². The molecule has 0 radical (unpaired) electrons. The van der Waals surface area contributed by atoms with Crippen LogP contribution in [0.1, 0.15) is 25.0 Å². The van der Waals surface area contributed by atoms with Crippen LogP contribution in [0.5, 0.6) is 5.75 Å². The molecule has 2 nitrogen and oxygen atoms in total. The van der Waals surface area contributed by atoms with Gasteiger partial charge >= 0.3 is 0 Å². The Balaban J connectivity index is 1.91. The van der Waals surface area contributed by atoms with Crippen molar-refractivity contribution >= 4 is 11.8 Å². The summed E-state index contributed by atoms with van der Waals surface area (Å²) < 4.78 is 19.0. The summed E-state index contributed by atoms with van der Waals surface area (Å²) in [7, 11) is 0. The van der Waals surface area contributed by atoms with Crippen molar-refractivity contribution in [3.63, 3.8) is 0 Å². The molecule has 112 valence electrons. The molecule has 1 unspecified atom stereocenters. The van der Waals surface area contributed by atoms with Crippen LogP contribution >= 0.6 is 11.8 Å². The molecule has 2 aromatic rings. The Morgan fingerprint density at radius 1 is 1.14 bits per heavy atom. The molecular formula is C17H19FO2S. The number of thioether (sulfide) groups is 1. The van der Waals surface area contributed by atoms with Gasteiger partial charge in [-0.15, -0.1) is 11.8 Å². The second-order valence-corrected chi connectivity index (χ2v) is 5.74. The van der Waals surface area contributed by atoms with Crippen molar-refractivity contribution in [1.29, 1.82) is 0 Å². The zero-order chi connectivity index (χ0) is 15.1. The molecule has 0 aliphatic carbocycles. The lowest BCUT2D eigenvalue weighted by Crippen LogP contribution is -2.01. The van der Waals surface area contributed by atoms with E-state index in [2.05, 4.69) is 6.92 Å². The van der Waals surface area contributed by atoms with E-state index in [9.17, 15) is 9.50 Å². The maximum Gasteiger partial charge on any atom is 0.136 e. The van der Waals surface area contributed by atoms with Gasteiger partial charge in [0.15, 0.2) is 0 Å². The number of halogens is 1. The van der Waals surface area contributed by atoms with Crippen LogP contribution in [0.2, 0.25) is 0 Å². The van der Waals surface area contributed by atoms with Crippen molar-refractivity contribution in [2.45, 2.75) is 24.3 Å². The smallest absolute Gasteiger partial charge is 0.136 e. The quantitative estimate of drug-likeness (QED) is 0.767. The lowest BCUT2D eigenvalue weighted by molar-refractivity contribution is 0.204. The van der Waals surface area contributed by atoms with Gasteiger partial charge in [0.2, 0.25) is 0 Å². The summed E-state index contributed by atoms with van der Waals surface area (Å²) in [6.45, 7) is 2.74. The van der Waals surface area contributed by atoms with Crippen LogP contribution in [-0.2, 0) is 0 Å². The average molecular weight is 306 g/mol. The summed E-state index contributed by atoms with van der Waals surface area (Å²) in [4.78, 5) is 0.555. The Morgan fingerprint density at radius 2 is 1.86 bits per heavy atom. The molecule has 2 aromatic carbocycles. The number of ether oxygens (including phenoxy) is 1. The average Bonchev–Trinajstić information content (AvgIpc) is 2.52. The minimum atomic E-state index is -0.630. The van der Waals surface area contributed by atoms with Gasteiger partial charge in [0.1, 0.15) is 11.6 Å². The highest BCUT2D eigenvalue weighted by atomic mass is 32.2. The fourth-order valence-corrected chi connectivity index (χ4v) is 2.74. The third kappa shape index (κ3) is 4.76. The van der Waals surface area contributed by atoms with Crippen LogP contribution in [0.25, 0.3) is 0 Å². The Kier molecular flexibility index (Phi) is 6.08. The molecule has 0 spiro atoms. The van der Waals surface area contributed by atoms with Gasteiger partial charge in [-0.05, 0) is 36.2 Å². The fraction of sp³-hybridized carbons (Fsp3) is 0.294. The number of benzene rings is 2. The summed E-state index contributed by atoms with van der Waals surface area (Å²) in [5, 5.41) is 10.2. The topological polar surface area (TPSA) is 29.5 Å². The maximum absolute atomic E-state index is 13.5. The van der Waals surface area contributed by atoms with E-state index in [1.165, 1.54) is 17.8 Å². The molecule has 0 aliphatic heterocycles. The SMILES string of the molecule is CCCOc1ccc(C(O)CSc2ccccc2F)cc1. The lowest BCUT2D eigenvalue weighted by atomic mass is 10.1. The molecule has 1 atom stereocenters. The summed E-state index contributed by atoms with van der Waals surface area (Å²) in [5.41, 5.74) is 0.808. The Labute approximate surface area is 129 Å². The van der Waals surface area contributed by atoms with Crippen molar-refractivity contribution < 1.29 is 14.2 Å². The molecule has 0 amide bonds. The third-order valence-corrected chi connectivity index (χ3v) is 4.10. The Hall–Kier alpha value is -1.52. The van der Waals surface area contributed by atoms with Crippen LogP contribution in [0, 0.1) is 5.82 Å². The third-order valence-electron chi connectivity index (χ3n) is 2.97. The number of hydrogen-bond acceptors (Lipinski definition) is 3. The molecule has 2 rings (SSSR count). The number of aliphatic hydroxyl groups is 1. The van der Waals surface area contributed by atoms with Gasteiger partial charge < -0.3 is 9.84 Å². The van der Waals surface area contributed by atoms with Crippen molar-refractivity contribution in [2.75, 3.05) is 12.4 Å². The maximum atomic E-state index is 13.5. The number of rotatable bonds is 7. The Morgan fingerprint density at radius 3 is 2.52 bits per heavy atom. The van der Waals surface area contributed by atoms with Crippen molar-refractivity contribution in [2.24, 2.45) is 0 Å². The number of aliphatic hydroxyl groups excluding tert-OH is 1. The zero-order valence-electron chi connectivity index (χ0n) is 12.0. The minimum absolute atomic E-state index is 0.252. The first-order valence-electron chi connectivity index (χ1n) is 6.99. The van der Waals surface area contributed by atoms with Gasteiger partial charge in [-0.25, -0.2) is 4.39 Å². The largest absolute Gasteiger partial charge is 0.494 e. The van der Waals surface area contributed by atoms with Gasteiger partial charge in [0, 0.05) is 10.6 Å². The Bertz CT molecular complexity index is 557. The van der Waals surface area contributed by atoms with Crippen LogP contribution in [0.4, 0.5) is 4.39 Å². The van der Waals surface area contributed by atoms with E-state index < -0.39 is 6.10 Å². The van der Waals surface area contributed by atoms with Crippen LogP contribution in [-0.4, -0.2) is 17.5 Å². The van der Waals surface area contributed by atoms with E-state index in [-0.39, 0.29) is 5.82 Å². The zero-order valence-corrected chi connectivity index (χ0v) is 12.8. The second kappa shape index (κ2) is 8.05. The second-order valence-electron chi connectivity index (χ2n) is 4.67. The molecule has 21 heavy (non-hydrogen) atoms. The summed E-state index contributed by atoms with van der Waals surface area (Å²) in [6, 6.07) is 14.0. The first kappa shape index (κ1) is 15.9. The molecular weight excluding hydrogens is 287 g/mol. The molecule has 0 aromatic heterocycles. The molecule has 0 heterocycles. The molecule has 0 saturated heterocycles. The molecule has 1 N–H and O–H groups in total. The molecule has 0 saturated carbocycles. The highest BCUT2D eigenvalue weighted by molar-refractivity contribution is 7.99. The number of hydrogen-bond donors (Lipinski definition) is 1. The standard InChI is InChI=1S/C17H19FO2S/c1-2-11-20-14-9-7-13(8-10-14)16(19)12-21-17-6-4-3-5-15(17)18/h3-10,16,19H,2,11-12H2,1H3. The minimum Gasteiger partial charge on any atom is -0.494 e. The van der Waals surface area contributed by atoms with E-state index in [1.807, 2.05) is 24.3 Å².